The number of carbonyl (C=O) groups is 1. The van der Waals surface area contributed by atoms with Crippen molar-refractivity contribution in [2.24, 2.45) is 0 Å². The SMILES string of the molecule is CN(CCN1CCCC1)c1cc(Br)ccc1C=CC(=O)O. The van der Waals surface area contributed by atoms with E-state index in [1.165, 1.54) is 32.0 Å². The molecule has 5 heteroatoms. The van der Waals surface area contributed by atoms with Gasteiger partial charge in [0.2, 0.25) is 0 Å². The summed E-state index contributed by atoms with van der Waals surface area (Å²) in [6.07, 6.45) is 5.43. The van der Waals surface area contributed by atoms with E-state index in [0.717, 1.165) is 28.8 Å². The monoisotopic (exact) mass is 352 g/mol. The van der Waals surface area contributed by atoms with Gasteiger partial charge in [-0.1, -0.05) is 22.0 Å². The van der Waals surface area contributed by atoms with Crippen LogP contribution in [0.1, 0.15) is 18.4 Å². The number of carboxylic acids is 1. The Bertz CT molecular complexity index is 525. The van der Waals surface area contributed by atoms with E-state index in [4.69, 9.17) is 5.11 Å². The molecule has 0 saturated carbocycles. The van der Waals surface area contributed by atoms with E-state index in [1.54, 1.807) is 6.08 Å². The van der Waals surface area contributed by atoms with E-state index >= 15 is 0 Å². The summed E-state index contributed by atoms with van der Waals surface area (Å²) in [5, 5.41) is 8.79. The number of nitrogens with zero attached hydrogens (tertiary/aromatic N) is 2. The van der Waals surface area contributed by atoms with Crippen LogP contribution in [-0.4, -0.2) is 49.2 Å². The third-order valence-corrected chi connectivity index (χ3v) is 4.25. The van der Waals surface area contributed by atoms with Gasteiger partial charge in [0.15, 0.2) is 0 Å². The van der Waals surface area contributed by atoms with E-state index in [9.17, 15) is 4.79 Å². The molecule has 4 nitrogen and oxygen atoms in total. The average Bonchev–Trinajstić information content (AvgIpc) is 2.96. The van der Waals surface area contributed by atoms with E-state index in [-0.39, 0.29) is 0 Å². The highest BCUT2D eigenvalue weighted by molar-refractivity contribution is 9.10. The van der Waals surface area contributed by atoms with Crippen molar-refractivity contribution in [1.29, 1.82) is 0 Å². The predicted octanol–water partition coefficient (Wildman–Crippen LogP) is 3.08. The molecular weight excluding hydrogens is 332 g/mol. The topological polar surface area (TPSA) is 43.8 Å². The van der Waals surface area contributed by atoms with Crippen molar-refractivity contribution >= 4 is 33.7 Å². The number of likely N-dealkylation sites (N-methyl/N-ethyl adjacent to an activating group) is 1. The van der Waals surface area contributed by atoms with Gasteiger partial charge in [0.05, 0.1) is 0 Å². The molecule has 1 saturated heterocycles. The maximum absolute atomic E-state index is 10.7. The molecule has 1 heterocycles. The fourth-order valence-corrected chi connectivity index (χ4v) is 2.92. The van der Waals surface area contributed by atoms with Gasteiger partial charge in [-0.3, -0.25) is 0 Å². The van der Waals surface area contributed by atoms with Crippen molar-refractivity contribution in [3.8, 4) is 0 Å². The summed E-state index contributed by atoms with van der Waals surface area (Å²) < 4.78 is 0.998. The van der Waals surface area contributed by atoms with Gasteiger partial charge in [-0.05, 0) is 49.7 Å². The Labute approximate surface area is 134 Å². The van der Waals surface area contributed by atoms with Gasteiger partial charge in [-0.15, -0.1) is 0 Å². The summed E-state index contributed by atoms with van der Waals surface area (Å²) in [5.41, 5.74) is 1.96. The number of likely N-dealkylation sites (tertiary alicyclic amines) is 1. The molecule has 1 aliphatic heterocycles. The van der Waals surface area contributed by atoms with Gasteiger partial charge >= 0.3 is 5.97 Å². The first-order chi connectivity index (χ1) is 10.1. The molecule has 0 aliphatic carbocycles. The van der Waals surface area contributed by atoms with Crippen LogP contribution in [0.3, 0.4) is 0 Å². The largest absolute Gasteiger partial charge is 0.478 e. The minimum Gasteiger partial charge on any atom is -0.478 e. The summed E-state index contributed by atoms with van der Waals surface area (Å²) >= 11 is 3.48. The van der Waals surface area contributed by atoms with Crippen LogP contribution in [0.15, 0.2) is 28.7 Å². The molecule has 1 fully saturated rings. The van der Waals surface area contributed by atoms with Gasteiger partial charge in [0.1, 0.15) is 0 Å². The van der Waals surface area contributed by atoms with Crippen LogP contribution in [0, 0.1) is 0 Å². The van der Waals surface area contributed by atoms with Gasteiger partial charge < -0.3 is 14.9 Å². The summed E-state index contributed by atoms with van der Waals surface area (Å²) in [5.74, 6) is -0.927. The molecule has 0 radical (unpaired) electrons. The van der Waals surface area contributed by atoms with Crippen LogP contribution in [0.4, 0.5) is 5.69 Å². The van der Waals surface area contributed by atoms with Crippen LogP contribution in [0.5, 0.6) is 0 Å². The third-order valence-electron chi connectivity index (χ3n) is 3.76. The zero-order chi connectivity index (χ0) is 15.2. The van der Waals surface area contributed by atoms with Crippen molar-refractivity contribution in [1.82, 2.24) is 4.90 Å². The average molecular weight is 353 g/mol. The lowest BCUT2D eigenvalue weighted by atomic mass is 10.1. The van der Waals surface area contributed by atoms with Crippen LogP contribution < -0.4 is 4.90 Å². The zero-order valence-electron chi connectivity index (χ0n) is 12.3. The Kier molecular flexibility index (Phi) is 5.82. The number of hydrogen-bond donors (Lipinski definition) is 1. The Hall–Kier alpha value is -1.33. The standard InChI is InChI=1S/C16H21BrN2O2/c1-18(10-11-19-8-2-3-9-19)15-12-14(17)6-4-13(15)5-7-16(20)21/h4-7,12H,2-3,8-11H2,1H3,(H,20,21). The quantitative estimate of drug-likeness (QED) is 0.799. The molecule has 114 valence electrons. The molecular formula is C16H21BrN2O2. The second-order valence-corrected chi connectivity index (χ2v) is 6.26. The number of halogens is 1. The second kappa shape index (κ2) is 7.61. The Morgan fingerprint density at radius 3 is 2.81 bits per heavy atom. The number of anilines is 1. The third kappa shape index (κ3) is 4.86. The first-order valence-electron chi connectivity index (χ1n) is 7.20. The molecule has 1 aromatic rings. The molecule has 0 atom stereocenters. The first kappa shape index (κ1) is 16.0. The minimum atomic E-state index is -0.927. The lowest BCUT2D eigenvalue weighted by Crippen LogP contribution is -2.31. The highest BCUT2D eigenvalue weighted by Crippen LogP contribution is 2.25. The number of rotatable bonds is 6. The van der Waals surface area contributed by atoms with Crippen molar-refractivity contribution in [2.45, 2.75) is 12.8 Å². The molecule has 0 amide bonds. The number of hydrogen-bond acceptors (Lipinski definition) is 3. The fraction of sp³-hybridized carbons (Fsp3) is 0.438. The van der Waals surface area contributed by atoms with E-state index < -0.39 is 5.97 Å². The van der Waals surface area contributed by atoms with Crippen LogP contribution >= 0.6 is 15.9 Å². The molecule has 21 heavy (non-hydrogen) atoms. The fourth-order valence-electron chi connectivity index (χ4n) is 2.57. The molecule has 1 N–H and O–H groups in total. The molecule has 1 aliphatic rings. The summed E-state index contributed by atoms with van der Waals surface area (Å²) in [6, 6.07) is 5.90. The molecule has 0 unspecified atom stereocenters. The highest BCUT2D eigenvalue weighted by atomic mass is 79.9. The molecule has 1 aromatic carbocycles. The highest BCUT2D eigenvalue weighted by Gasteiger charge is 2.13. The first-order valence-corrected chi connectivity index (χ1v) is 7.99. The molecule has 0 bridgehead atoms. The number of benzene rings is 1. The lowest BCUT2D eigenvalue weighted by molar-refractivity contribution is -0.131. The predicted molar refractivity (Wildman–Crippen MR) is 89.8 cm³/mol. The molecule has 0 aromatic heterocycles. The Morgan fingerprint density at radius 2 is 2.14 bits per heavy atom. The Balaban J connectivity index is 2.08. The molecule has 2 rings (SSSR count). The maximum Gasteiger partial charge on any atom is 0.328 e. The van der Waals surface area contributed by atoms with Gasteiger partial charge in [-0.2, -0.15) is 0 Å². The second-order valence-electron chi connectivity index (χ2n) is 5.35. The van der Waals surface area contributed by atoms with E-state index in [0.29, 0.717) is 0 Å². The molecule has 0 spiro atoms. The maximum atomic E-state index is 10.7. The Morgan fingerprint density at radius 1 is 1.43 bits per heavy atom. The zero-order valence-corrected chi connectivity index (χ0v) is 13.8. The van der Waals surface area contributed by atoms with Crippen LogP contribution in [0.2, 0.25) is 0 Å². The minimum absolute atomic E-state index is 0.921. The smallest absolute Gasteiger partial charge is 0.328 e. The summed E-state index contributed by atoms with van der Waals surface area (Å²) in [6.45, 7) is 4.37. The van der Waals surface area contributed by atoms with Crippen LogP contribution in [-0.2, 0) is 4.79 Å². The lowest BCUT2D eigenvalue weighted by Gasteiger charge is -2.25. The number of carboxylic acid groups (broad SMARTS) is 1. The van der Waals surface area contributed by atoms with E-state index in [2.05, 4.69) is 32.8 Å². The summed E-state index contributed by atoms with van der Waals surface area (Å²) in [7, 11) is 2.05. The van der Waals surface area contributed by atoms with E-state index in [1.807, 2.05) is 18.2 Å². The van der Waals surface area contributed by atoms with Crippen molar-refractivity contribution < 1.29 is 9.90 Å². The van der Waals surface area contributed by atoms with Gasteiger partial charge in [0, 0.05) is 36.4 Å². The summed E-state index contributed by atoms with van der Waals surface area (Å²) in [4.78, 5) is 15.4. The van der Waals surface area contributed by atoms with Crippen molar-refractivity contribution in [3.05, 3.63) is 34.3 Å². The van der Waals surface area contributed by atoms with Gasteiger partial charge in [-0.25, -0.2) is 4.79 Å². The van der Waals surface area contributed by atoms with Crippen molar-refractivity contribution in [3.63, 3.8) is 0 Å². The number of aliphatic carboxylic acids is 1. The van der Waals surface area contributed by atoms with Crippen molar-refractivity contribution in [2.75, 3.05) is 38.1 Å². The van der Waals surface area contributed by atoms with Gasteiger partial charge in [0.25, 0.3) is 0 Å². The normalized spacial score (nSPS) is 15.7. The van der Waals surface area contributed by atoms with Crippen LogP contribution in [0.25, 0.3) is 6.08 Å².